The lowest BCUT2D eigenvalue weighted by Gasteiger charge is -2.37. The highest BCUT2D eigenvalue weighted by molar-refractivity contribution is 7.89. The number of aromatic amines is 1. The normalized spacial score (nSPS) is 20.6. The molecule has 1 aliphatic rings. The van der Waals surface area contributed by atoms with Gasteiger partial charge < -0.3 is 0 Å². The molecule has 0 bridgehead atoms. The fourth-order valence-electron chi connectivity index (χ4n) is 3.28. The standard InChI is InChI=1S/C17H13F3N4O3S2/c1-9-15(25)13-12(8-22-23-13)14(16-21-6-7-28-16)24(9)29(26,27)11-4-2-10(3-5-11)17(18,19)20/h2-9,14H,1H3,(H,22,23). The molecule has 0 aliphatic carbocycles. The van der Waals surface area contributed by atoms with Gasteiger partial charge >= 0.3 is 6.18 Å². The zero-order valence-electron chi connectivity index (χ0n) is 14.7. The van der Waals surface area contributed by atoms with Crippen molar-refractivity contribution in [2.75, 3.05) is 0 Å². The van der Waals surface area contributed by atoms with Crippen molar-refractivity contribution in [1.29, 1.82) is 0 Å². The summed E-state index contributed by atoms with van der Waals surface area (Å²) in [6.45, 7) is 1.42. The van der Waals surface area contributed by atoms with E-state index in [1.165, 1.54) is 30.7 Å². The van der Waals surface area contributed by atoms with E-state index in [0.717, 1.165) is 16.4 Å². The third kappa shape index (κ3) is 3.16. The van der Waals surface area contributed by atoms with Crippen LogP contribution in [-0.4, -0.2) is 39.7 Å². The molecular weight excluding hydrogens is 429 g/mol. The van der Waals surface area contributed by atoms with Crippen molar-refractivity contribution in [2.45, 2.75) is 30.1 Å². The average Bonchev–Trinajstić information content (AvgIpc) is 3.35. The van der Waals surface area contributed by atoms with Crippen LogP contribution in [0.2, 0.25) is 0 Å². The maximum atomic E-state index is 13.4. The van der Waals surface area contributed by atoms with Crippen LogP contribution in [0, 0.1) is 0 Å². The summed E-state index contributed by atoms with van der Waals surface area (Å²) < 4.78 is 66.3. The molecular formula is C17H13F3N4O3S2. The number of Topliss-reactive ketones (excluding diaryl/α,β-unsaturated/α-hetero) is 1. The number of sulfonamides is 1. The number of thiazole rings is 1. The largest absolute Gasteiger partial charge is 0.416 e. The van der Waals surface area contributed by atoms with Gasteiger partial charge in [-0.2, -0.15) is 22.6 Å². The van der Waals surface area contributed by atoms with Gasteiger partial charge in [-0.1, -0.05) is 0 Å². The quantitative estimate of drug-likeness (QED) is 0.672. The zero-order valence-corrected chi connectivity index (χ0v) is 16.3. The van der Waals surface area contributed by atoms with Crippen molar-refractivity contribution >= 4 is 27.1 Å². The second-order valence-electron chi connectivity index (χ2n) is 6.37. The Balaban J connectivity index is 1.86. The first kappa shape index (κ1) is 19.7. The van der Waals surface area contributed by atoms with Gasteiger partial charge in [0, 0.05) is 17.1 Å². The summed E-state index contributed by atoms with van der Waals surface area (Å²) in [6, 6.07) is 1.14. The van der Waals surface area contributed by atoms with E-state index in [-0.39, 0.29) is 10.6 Å². The van der Waals surface area contributed by atoms with E-state index >= 15 is 0 Å². The number of nitrogens with one attached hydrogen (secondary N) is 1. The summed E-state index contributed by atoms with van der Waals surface area (Å²) in [4.78, 5) is 16.6. The lowest BCUT2D eigenvalue weighted by atomic mass is 9.96. The number of aromatic nitrogens is 3. The molecule has 1 aliphatic heterocycles. The van der Waals surface area contributed by atoms with Gasteiger partial charge in [-0.15, -0.1) is 11.3 Å². The van der Waals surface area contributed by atoms with Gasteiger partial charge in [0.15, 0.2) is 5.78 Å². The second-order valence-corrected chi connectivity index (χ2v) is 9.14. The highest BCUT2D eigenvalue weighted by atomic mass is 32.2. The van der Waals surface area contributed by atoms with Gasteiger partial charge in [-0.3, -0.25) is 9.89 Å². The number of carbonyl (C=O) groups excluding carboxylic acids is 1. The Hall–Kier alpha value is -2.57. The van der Waals surface area contributed by atoms with Crippen molar-refractivity contribution in [3.8, 4) is 0 Å². The summed E-state index contributed by atoms with van der Waals surface area (Å²) in [5, 5.41) is 8.54. The van der Waals surface area contributed by atoms with E-state index in [1.54, 1.807) is 5.38 Å². The predicted octanol–water partition coefficient (Wildman–Crippen LogP) is 3.25. The van der Waals surface area contributed by atoms with Crippen molar-refractivity contribution in [1.82, 2.24) is 19.5 Å². The monoisotopic (exact) mass is 442 g/mol. The smallest absolute Gasteiger partial charge is 0.291 e. The van der Waals surface area contributed by atoms with Gasteiger partial charge in [0.1, 0.15) is 16.7 Å². The molecule has 29 heavy (non-hydrogen) atoms. The Morgan fingerprint density at radius 3 is 2.48 bits per heavy atom. The summed E-state index contributed by atoms with van der Waals surface area (Å²) >= 11 is 1.20. The molecule has 4 rings (SSSR count). The Morgan fingerprint density at radius 2 is 1.90 bits per heavy atom. The molecule has 2 unspecified atom stereocenters. The minimum atomic E-state index is -4.59. The molecule has 0 spiro atoms. The number of ketones is 1. The Kier molecular flexibility index (Phi) is 4.59. The minimum absolute atomic E-state index is 0.191. The molecule has 152 valence electrons. The SMILES string of the molecule is CC1C(=O)c2[nH]ncc2C(c2nccs2)N1S(=O)(=O)c1ccc(C(F)(F)F)cc1. The highest BCUT2D eigenvalue weighted by Crippen LogP contribution is 2.41. The van der Waals surface area contributed by atoms with Gasteiger partial charge in [0.25, 0.3) is 0 Å². The molecule has 3 heterocycles. The third-order valence-corrected chi connectivity index (χ3v) is 7.45. The number of carbonyl (C=O) groups is 1. The average molecular weight is 442 g/mol. The van der Waals surface area contributed by atoms with Crippen LogP contribution < -0.4 is 0 Å². The van der Waals surface area contributed by atoms with E-state index < -0.39 is 39.6 Å². The Bertz CT molecular complexity index is 1160. The predicted molar refractivity (Wildman–Crippen MR) is 96.8 cm³/mol. The van der Waals surface area contributed by atoms with Crippen molar-refractivity contribution < 1.29 is 26.4 Å². The van der Waals surface area contributed by atoms with Crippen LogP contribution >= 0.6 is 11.3 Å². The number of fused-ring (bicyclic) bond motifs is 1. The first-order valence-corrected chi connectivity index (χ1v) is 10.6. The van der Waals surface area contributed by atoms with Crippen molar-refractivity contribution in [3.63, 3.8) is 0 Å². The molecule has 2 atom stereocenters. The van der Waals surface area contributed by atoms with Crippen LogP contribution in [-0.2, 0) is 16.2 Å². The zero-order chi connectivity index (χ0) is 21.0. The van der Waals surface area contributed by atoms with Gasteiger partial charge in [-0.25, -0.2) is 13.4 Å². The number of alkyl halides is 3. The number of halogens is 3. The molecule has 12 heteroatoms. The molecule has 1 aromatic carbocycles. The van der Waals surface area contributed by atoms with Crippen LogP contribution in [0.15, 0.2) is 46.9 Å². The first-order valence-electron chi connectivity index (χ1n) is 8.30. The van der Waals surface area contributed by atoms with Crippen molar-refractivity contribution in [2.24, 2.45) is 0 Å². The third-order valence-electron chi connectivity index (χ3n) is 4.67. The van der Waals surface area contributed by atoms with Crippen LogP contribution in [0.4, 0.5) is 13.2 Å². The molecule has 3 aromatic rings. The molecule has 0 radical (unpaired) electrons. The molecule has 1 N–H and O–H groups in total. The van der Waals surface area contributed by atoms with Crippen LogP contribution in [0.1, 0.15) is 39.6 Å². The number of hydrogen-bond acceptors (Lipinski definition) is 6. The fourth-order valence-corrected chi connectivity index (χ4v) is 5.83. The summed E-state index contributed by atoms with van der Waals surface area (Å²) in [5.41, 5.74) is -0.428. The number of H-pyrrole nitrogens is 1. The molecule has 0 amide bonds. The van der Waals surface area contributed by atoms with E-state index in [9.17, 15) is 26.4 Å². The van der Waals surface area contributed by atoms with E-state index in [1.807, 2.05) is 0 Å². The van der Waals surface area contributed by atoms with Gasteiger partial charge in [-0.05, 0) is 31.2 Å². The molecule has 0 saturated carbocycles. The molecule has 0 saturated heterocycles. The summed E-state index contributed by atoms with van der Waals surface area (Å²) in [7, 11) is -4.33. The van der Waals surface area contributed by atoms with Crippen molar-refractivity contribution in [3.05, 3.63) is 63.9 Å². The van der Waals surface area contributed by atoms with Gasteiger partial charge in [0.2, 0.25) is 10.0 Å². The topological polar surface area (TPSA) is 96.0 Å². The summed E-state index contributed by atoms with van der Waals surface area (Å²) in [6.07, 6.45) is -1.73. The van der Waals surface area contributed by atoms with E-state index in [0.29, 0.717) is 22.7 Å². The van der Waals surface area contributed by atoms with E-state index in [4.69, 9.17) is 0 Å². The molecule has 0 fully saturated rings. The summed E-state index contributed by atoms with van der Waals surface area (Å²) in [5.74, 6) is -0.485. The number of nitrogens with zero attached hydrogens (tertiary/aromatic N) is 3. The molecule has 2 aromatic heterocycles. The minimum Gasteiger partial charge on any atom is -0.291 e. The maximum absolute atomic E-state index is 13.4. The van der Waals surface area contributed by atoms with Crippen LogP contribution in [0.25, 0.3) is 0 Å². The lowest BCUT2D eigenvalue weighted by molar-refractivity contribution is -0.137. The van der Waals surface area contributed by atoms with E-state index in [2.05, 4.69) is 15.2 Å². The first-order chi connectivity index (χ1) is 13.6. The number of benzene rings is 1. The lowest BCUT2D eigenvalue weighted by Crippen LogP contribution is -2.49. The van der Waals surface area contributed by atoms with Crippen LogP contribution in [0.3, 0.4) is 0 Å². The van der Waals surface area contributed by atoms with Gasteiger partial charge in [0.05, 0.1) is 22.7 Å². The fraction of sp³-hybridized carbons (Fsp3) is 0.235. The Morgan fingerprint density at radius 1 is 1.21 bits per heavy atom. The van der Waals surface area contributed by atoms with Crippen LogP contribution in [0.5, 0.6) is 0 Å². The Labute approximate surface area is 167 Å². The second kappa shape index (κ2) is 6.75. The molecule has 7 nitrogen and oxygen atoms in total. The number of rotatable bonds is 3. The highest BCUT2D eigenvalue weighted by Gasteiger charge is 2.47. The number of hydrogen-bond donors (Lipinski definition) is 1. The maximum Gasteiger partial charge on any atom is 0.416 e.